The first-order chi connectivity index (χ1) is 4.20. The summed E-state index contributed by atoms with van der Waals surface area (Å²) in [7, 11) is 0. The lowest BCUT2D eigenvalue weighted by Crippen LogP contribution is -1.87. The standard InChI is InChI=1S/C6H5FN2/c7-4-1-2-5(8)6(9)3-4/h1-3H,9H2. The molecule has 2 nitrogen and oxygen atoms in total. The van der Waals surface area contributed by atoms with Crippen LogP contribution in [-0.4, -0.2) is 0 Å². The van der Waals surface area contributed by atoms with E-state index in [1.54, 1.807) is 0 Å². The van der Waals surface area contributed by atoms with Crippen LogP contribution in [0.2, 0.25) is 0 Å². The van der Waals surface area contributed by atoms with E-state index in [0.717, 1.165) is 12.1 Å². The second kappa shape index (κ2) is 1.93. The van der Waals surface area contributed by atoms with Crippen molar-refractivity contribution in [1.29, 1.82) is 0 Å². The van der Waals surface area contributed by atoms with E-state index in [1.807, 2.05) is 0 Å². The molecule has 9 heavy (non-hydrogen) atoms. The van der Waals surface area contributed by atoms with E-state index >= 15 is 0 Å². The molecule has 2 radical (unpaired) electrons. The SMILES string of the molecule is [N]c1ccc(F)cc1N. The zero-order valence-corrected chi connectivity index (χ0v) is 4.63. The maximum Gasteiger partial charge on any atom is 0.125 e. The molecule has 0 aromatic heterocycles. The number of halogens is 1. The van der Waals surface area contributed by atoms with E-state index in [4.69, 9.17) is 11.5 Å². The summed E-state index contributed by atoms with van der Waals surface area (Å²) in [4.78, 5) is 0. The van der Waals surface area contributed by atoms with Crippen LogP contribution in [-0.2, 0) is 0 Å². The van der Waals surface area contributed by atoms with Gasteiger partial charge in [0, 0.05) is 0 Å². The highest BCUT2D eigenvalue weighted by Crippen LogP contribution is 2.15. The number of hydrogen-bond donors (Lipinski definition) is 1. The van der Waals surface area contributed by atoms with Gasteiger partial charge in [-0.1, -0.05) is 0 Å². The maximum absolute atomic E-state index is 12.2. The number of nitrogens with two attached hydrogens (primary N) is 1. The van der Waals surface area contributed by atoms with Crippen molar-refractivity contribution in [3.8, 4) is 0 Å². The molecule has 2 N–H and O–H groups in total. The first kappa shape index (κ1) is 5.88. The normalized spacial score (nSPS) is 9.44. The summed E-state index contributed by atoms with van der Waals surface area (Å²) >= 11 is 0. The summed E-state index contributed by atoms with van der Waals surface area (Å²) in [5, 5.41) is 0. The Kier molecular flexibility index (Phi) is 1.26. The van der Waals surface area contributed by atoms with Gasteiger partial charge in [0.15, 0.2) is 0 Å². The van der Waals surface area contributed by atoms with Gasteiger partial charge < -0.3 is 5.73 Å². The molecule has 1 aromatic carbocycles. The van der Waals surface area contributed by atoms with Crippen molar-refractivity contribution in [3.05, 3.63) is 24.0 Å². The molecule has 0 spiro atoms. The molecule has 0 unspecified atom stereocenters. The van der Waals surface area contributed by atoms with Crippen molar-refractivity contribution in [2.45, 2.75) is 0 Å². The molecule has 0 atom stereocenters. The Balaban J connectivity index is 3.17. The van der Waals surface area contributed by atoms with Crippen molar-refractivity contribution < 1.29 is 4.39 Å². The van der Waals surface area contributed by atoms with Gasteiger partial charge in [-0.15, -0.1) is 5.73 Å². The van der Waals surface area contributed by atoms with Crippen LogP contribution in [0.3, 0.4) is 0 Å². The fourth-order valence-electron chi connectivity index (χ4n) is 0.525. The van der Waals surface area contributed by atoms with Gasteiger partial charge in [-0.25, -0.2) is 4.39 Å². The van der Waals surface area contributed by atoms with Crippen molar-refractivity contribution in [1.82, 2.24) is 5.73 Å². The molecule has 46 valence electrons. The highest BCUT2D eigenvalue weighted by atomic mass is 19.1. The van der Waals surface area contributed by atoms with Gasteiger partial charge in [0.25, 0.3) is 0 Å². The quantitative estimate of drug-likeness (QED) is 0.517. The fraction of sp³-hybridized carbons (Fsp3) is 0. The molecule has 0 fully saturated rings. The third-order valence-corrected chi connectivity index (χ3v) is 0.990. The molecule has 0 saturated heterocycles. The Bertz CT molecular complexity index is 222. The predicted molar refractivity (Wildman–Crippen MR) is 32.6 cm³/mol. The molecular weight excluding hydrogens is 119 g/mol. The highest BCUT2D eigenvalue weighted by molar-refractivity contribution is 5.59. The molecule has 1 aromatic rings. The van der Waals surface area contributed by atoms with Crippen LogP contribution in [0.25, 0.3) is 0 Å². The van der Waals surface area contributed by atoms with Crippen LogP contribution in [0, 0.1) is 5.82 Å². The number of benzene rings is 1. The lowest BCUT2D eigenvalue weighted by molar-refractivity contribution is 0.628. The van der Waals surface area contributed by atoms with E-state index in [1.165, 1.54) is 6.07 Å². The van der Waals surface area contributed by atoms with Crippen molar-refractivity contribution in [2.75, 3.05) is 5.73 Å². The zero-order chi connectivity index (χ0) is 6.85. The van der Waals surface area contributed by atoms with Crippen LogP contribution in [0.15, 0.2) is 18.2 Å². The molecule has 0 saturated carbocycles. The number of nitrogens with zero attached hydrogens (tertiary/aromatic N) is 1. The van der Waals surface area contributed by atoms with Gasteiger partial charge >= 0.3 is 0 Å². The van der Waals surface area contributed by atoms with Gasteiger partial charge in [0.1, 0.15) is 11.5 Å². The van der Waals surface area contributed by atoms with E-state index in [-0.39, 0.29) is 11.4 Å². The van der Waals surface area contributed by atoms with Gasteiger partial charge in [0.2, 0.25) is 0 Å². The number of nitrogen functional groups attached to an aromatic ring is 1. The van der Waals surface area contributed by atoms with Crippen molar-refractivity contribution >= 4 is 11.4 Å². The largest absolute Gasteiger partial charge is 0.397 e. The number of hydrogen-bond acceptors (Lipinski definition) is 1. The van der Waals surface area contributed by atoms with Gasteiger partial charge in [-0.2, -0.15) is 0 Å². The van der Waals surface area contributed by atoms with E-state index < -0.39 is 5.82 Å². The predicted octanol–water partition coefficient (Wildman–Crippen LogP) is 1.11. The lowest BCUT2D eigenvalue weighted by Gasteiger charge is -1.93. The first-order valence-corrected chi connectivity index (χ1v) is 2.44. The summed E-state index contributed by atoms with van der Waals surface area (Å²) in [6, 6.07) is 3.42. The molecule has 1 rings (SSSR count). The van der Waals surface area contributed by atoms with Crippen LogP contribution in [0.5, 0.6) is 0 Å². The minimum atomic E-state index is -0.440. The second-order valence-electron chi connectivity index (χ2n) is 1.70. The smallest absolute Gasteiger partial charge is 0.125 e. The van der Waals surface area contributed by atoms with Crippen molar-refractivity contribution in [2.24, 2.45) is 0 Å². The molecule has 0 heterocycles. The van der Waals surface area contributed by atoms with Crippen LogP contribution in [0.1, 0.15) is 0 Å². The minimum absolute atomic E-state index is 0.0648. The van der Waals surface area contributed by atoms with Crippen LogP contribution in [0.4, 0.5) is 15.8 Å². The third-order valence-electron chi connectivity index (χ3n) is 0.990. The Hall–Kier alpha value is -1.25. The van der Waals surface area contributed by atoms with Gasteiger partial charge in [0.05, 0.1) is 5.69 Å². The fourth-order valence-corrected chi connectivity index (χ4v) is 0.525. The molecule has 3 heteroatoms. The molecule has 0 aliphatic heterocycles. The Morgan fingerprint density at radius 3 is 2.56 bits per heavy atom. The maximum atomic E-state index is 12.2. The summed E-state index contributed by atoms with van der Waals surface area (Å²) in [5.74, 6) is -0.440. The average Bonchev–Trinajstić information content (AvgIpc) is 1.80. The molecule has 0 aliphatic rings. The summed E-state index contributed by atoms with van der Waals surface area (Å²) in [6.07, 6.45) is 0. The number of rotatable bonds is 0. The Morgan fingerprint density at radius 2 is 2.11 bits per heavy atom. The summed E-state index contributed by atoms with van der Waals surface area (Å²) in [6.45, 7) is 0. The lowest BCUT2D eigenvalue weighted by atomic mass is 10.3. The van der Waals surface area contributed by atoms with E-state index in [0.29, 0.717) is 0 Å². The minimum Gasteiger partial charge on any atom is -0.397 e. The third kappa shape index (κ3) is 1.10. The Morgan fingerprint density at radius 1 is 1.44 bits per heavy atom. The van der Waals surface area contributed by atoms with Gasteiger partial charge in [-0.3, -0.25) is 0 Å². The van der Waals surface area contributed by atoms with E-state index in [2.05, 4.69) is 0 Å². The summed E-state index contributed by atoms with van der Waals surface area (Å²) < 4.78 is 12.2. The number of anilines is 1. The topological polar surface area (TPSA) is 48.3 Å². The summed E-state index contributed by atoms with van der Waals surface area (Å²) in [5.41, 5.74) is 13.9. The van der Waals surface area contributed by atoms with Crippen LogP contribution >= 0.6 is 0 Å². The molecule has 0 amide bonds. The van der Waals surface area contributed by atoms with Crippen LogP contribution < -0.4 is 11.5 Å². The first-order valence-electron chi connectivity index (χ1n) is 2.44. The van der Waals surface area contributed by atoms with Crippen molar-refractivity contribution in [3.63, 3.8) is 0 Å². The van der Waals surface area contributed by atoms with Gasteiger partial charge in [-0.05, 0) is 18.2 Å². The zero-order valence-electron chi connectivity index (χ0n) is 4.63. The molecule has 0 bridgehead atoms. The average molecular weight is 124 g/mol. The monoisotopic (exact) mass is 124 g/mol. The molecular formula is C6H5FN2. The second-order valence-corrected chi connectivity index (χ2v) is 1.70. The molecule has 0 aliphatic carbocycles. The Labute approximate surface area is 52.3 Å². The van der Waals surface area contributed by atoms with E-state index in [9.17, 15) is 4.39 Å². The highest BCUT2D eigenvalue weighted by Gasteiger charge is 1.95.